The second-order valence-electron chi connectivity index (χ2n) is 7.47. The van der Waals surface area contributed by atoms with Gasteiger partial charge in [-0.3, -0.25) is 0 Å². The maximum Gasteiger partial charge on any atom is 0.0690 e. The molecule has 5 rings (SSSR count). The highest BCUT2D eigenvalue weighted by Gasteiger charge is 2.19. The standard InChI is InChI=1S/C27H22O/c1-17-24(16-28)25(19-10-4-3-5-11-19)18(2)27-23-15-9-7-13-21(23)20-12-6-8-14-22(20)26(17)27/h3-15,28H,16H2,1-2H3. The molecule has 0 atom stereocenters. The van der Waals surface area contributed by atoms with Gasteiger partial charge in [-0.1, -0.05) is 78.9 Å². The van der Waals surface area contributed by atoms with Crippen LogP contribution in [0.3, 0.4) is 0 Å². The fraction of sp³-hybridized carbons (Fsp3) is 0.111. The molecule has 1 heteroatoms. The molecule has 0 heterocycles. The lowest BCUT2D eigenvalue weighted by Crippen LogP contribution is -2.00. The van der Waals surface area contributed by atoms with Crippen molar-refractivity contribution in [2.75, 3.05) is 0 Å². The van der Waals surface area contributed by atoms with Crippen LogP contribution in [0.4, 0.5) is 0 Å². The Morgan fingerprint density at radius 3 is 1.57 bits per heavy atom. The third-order valence-corrected chi connectivity index (χ3v) is 6.03. The average Bonchev–Trinajstić information content (AvgIpc) is 2.75. The molecule has 0 amide bonds. The van der Waals surface area contributed by atoms with E-state index in [4.69, 9.17) is 0 Å². The fourth-order valence-electron chi connectivity index (χ4n) is 4.80. The summed E-state index contributed by atoms with van der Waals surface area (Å²) in [7, 11) is 0. The van der Waals surface area contributed by atoms with E-state index in [9.17, 15) is 5.11 Å². The molecule has 0 aliphatic rings. The largest absolute Gasteiger partial charge is 0.392 e. The van der Waals surface area contributed by atoms with Crippen molar-refractivity contribution in [3.05, 3.63) is 95.6 Å². The molecular formula is C27H22O. The zero-order chi connectivity index (χ0) is 19.3. The van der Waals surface area contributed by atoms with Gasteiger partial charge in [0, 0.05) is 0 Å². The van der Waals surface area contributed by atoms with Crippen LogP contribution in [0.25, 0.3) is 43.4 Å². The number of benzene rings is 5. The van der Waals surface area contributed by atoms with E-state index in [1.54, 1.807) is 0 Å². The van der Waals surface area contributed by atoms with Gasteiger partial charge in [-0.25, -0.2) is 0 Å². The Balaban J connectivity index is 2.12. The molecule has 0 bridgehead atoms. The van der Waals surface area contributed by atoms with Crippen LogP contribution in [0.5, 0.6) is 0 Å². The minimum absolute atomic E-state index is 0.0357. The highest BCUT2D eigenvalue weighted by Crippen LogP contribution is 2.43. The summed E-state index contributed by atoms with van der Waals surface area (Å²) in [5.74, 6) is 0. The Morgan fingerprint density at radius 1 is 0.571 bits per heavy atom. The van der Waals surface area contributed by atoms with Gasteiger partial charge in [0.05, 0.1) is 6.61 Å². The van der Waals surface area contributed by atoms with E-state index in [-0.39, 0.29) is 6.61 Å². The molecule has 0 fully saturated rings. The van der Waals surface area contributed by atoms with Crippen molar-refractivity contribution < 1.29 is 5.11 Å². The number of aryl methyl sites for hydroxylation is 2. The Bertz CT molecular complexity index is 1350. The molecule has 0 aliphatic heterocycles. The van der Waals surface area contributed by atoms with Crippen LogP contribution in [0.1, 0.15) is 16.7 Å². The molecule has 0 unspecified atom stereocenters. The summed E-state index contributed by atoms with van der Waals surface area (Å²) in [4.78, 5) is 0. The zero-order valence-electron chi connectivity index (χ0n) is 16.2. The molecule has 0 radical (unpaired) electrons. The van der Waals surface area contributed by atoms with Crippen LogP contribution < -0.4 is 0 Å². The highest BCUT2D eigenvalue weighted by atomic mass is 16.3. The first-order valence-corrected chi connectivity index (χ1v) is 9.74. The van der Waals surface area contributed by atoms with E-state index in [1.165, 1.54) is 43.4 Å². The lowest BCUT2D eigenvalue weighted by molar-refractivity contribution is 0.281. The first kappa shape index (κ1) is 17.0. The van der Waals surface area contributed by atoms with Gasteiger partial charge in [-0.05, 0) is 74.0 Å². The molecule has 0 aromatic heterocycles. The highest BCUT2D eigenvalue weighted by molar-refractivity contribution is 6.27. The van der Waals surface area contributed by atoms with Gasteiger partial charge in [0.25, 0.3) is 0 Å². The summed E-state index contributed by atoms with van der Waals surface area (Å²) < 4.78 is 0. The molecule has 28 heavy (non-hydrogen) atoms. The second kappa shape index (κ2) is 6.47. The average molecular weight is 362 g/mol. The number of fused-ring (bicyclic) bond motifs is 6. The van der Waals surface area contributed by atoms with E-state index >= 15 is 0 Å². The monoisotopic (exact) mass is 362 g/mol. The van der Waals surface area contributed by atoms with Crippen LogP contribution in [0, 0.1) is 13.8 Å². The number of aliphatic hydroxyl groups is 1. The van der Waals surface area contributed by atoms with Gasteiger partial charge in [0.2, 0.25) is 0 Å². The summed E-state index contributed by atoms with van der Waals surface area (Å²) in [6.07, 6.45) is 0. The molecule has 0 spiro atoms. The van der Waals surface area contributed by atoms with Gasteiger partial charge in [-0.15, -0.1) is 0 Å². The summed E-state index contributed by atoms with van der Waals surface area (Å²) in [6.45, 7) is 4.39. The number of hydrogen-bond donors (Lipinski definition) is 1. The quantitative estimate of drug-likeness (QED) is 0.338. The van der Waals surface area contributed by atoms with E-state index in [2.05, 4.69) is 86.6 Å². The van der Waals surface area contributed by atoms with Gasteiger partial charge >= 0.3 is 0 Å². The van der Waals surface area contributed by atoms with Crippen molar-refractivity contribution in [3.8, 4) is 11.1 Å². The van der Waals surface area contributed by atoms with Gasteiger partial charge in [0.15, 0.2) is 0 Å². The van der Waals surface area contributed by atoms with Crippen molar-refractivity contribution in [2.45, 2.75) is 20.5 Å². The second-order valence-corrected chi connectivity index (χ2v) is 7.47. The van der Waals surface area contributed by atoms with Crippen molar-refractivity contribution in [3.63, 3.8) is 0 Å². The van der Waals surface area contributed by atoms with Crippen molar-refractivity contribution >= 4 is 32.3 Å². The molecule has 0 saturated carbocycles. The molecule has 136 valence electrons. The van der Waals surface area contributed by atoms with Gasteiger partial charge in [0.1, 0.15) is 0 Å². The molecule has 1 nitrogen and oxygen atoms in total. The van der Waals surface area contributed by atoms with E-state index in [0.717, 1.165) is 16.7 Å². The maximum atomic E-state index is 10.3. The smallest absolute Gasteiger partial charge is 0.0690 e. The number of aliphatic hydroxyl groups excluding tert-OH is 1. The van der Waals surface area contributed by atoms with Crippen molar-refractivity contribution in [1.29, 1.82) is 0 Å². The molecule has 1 N–H and O–H groups in total. The van der Waals surface area contributed by atoms with E-state index < -0.39 is 0 Å². The predicted octanol–water partition coefficient (Wildman–Crippen LogP) is 6.92. The molecule has 5 aromatic carbocycles. The maximum absolute atomic E-state index is 10.3. The Hall–Kier alpha value is -3.16. The Morgan fingerprint density at radius 2 is 1.04 bits per heavy atom. The third kappa shape index (κ3) is 2.30. The predicted molar refractivity (Wildman–Crippen MR) is 120 cm³/mol. The van der Waals surface area contributed by atoms with E-state index in [0.29, 0.717) is 0 Å². The van der Waals surface area contributed by atoms with Crippen molar-refractivity contribution in [2.24, 2.45) is 0 Å². The normalized spacial score (nSPS) is 11.5. The lowest BCUT2D eigenvalue weighted by atomic mass is 9.83. The van der Waals surface area contributed by atoms with Crippen LogP contribution in [0.2, 0.25) is 0 Å². The molecule has 0 saturated heterocycles. The number of rotatable bonds is 2. The van der Waals surface area contributed by atoms with Crippen LogP contribution in [-0.4, -0.2) is 5.11 Å². The van der Waals surface area contributed by atoms with Gasteiger partial charge in [-0.2, -0.15) is 0 Å². The fourth-order valence-corrected chi connectivity index (χ4v) is 4.80. The first-order chi connectivity index (χ1) is 13.7. The topological polar surface area (TPSA) is 20.2 Å². The third-order valence-electron chi connectivity index (χ3n) is 6.03. The summed E-state index contributed by atoms with van der Waals surface area (Å²) in [5, 5.41) is 18.0. The van der Waals surface area contributed by atoms with Crippen LogP contribution in [0.15, 0.2) is 78.9 Å². The summed E-state index contributed by atoms with van der Waals surface area (Å²) in [6, 6.07) is 27.7. The lowest BCUT2D eigenvalue weighted by Gasteiger charge is -2.21. The van der Waals surface area contributed by atoms with E-state index in [1.807, 2.05) is 6.07 Å². The van der Waals surface area contributed by atoms with Crippen LogP contribution in [-0.2, 0) is 6.61 Å². The minimum atomic E-state index is 0.0357. The number of hydrogen-bond acceptors (Lipinski definition) is 1. The SMILES string of the molecule is Cc1c(CO)c(-c2ccccc2)c(C)c2c3ccccc3c3ccccc3c12. The molecule has 5 aromatic rings. The Kier molecular flexibility index (Phi) is 3.92. The summed E-state index contributed by atoms with van der Waals surface area (Å²) in [5.41, 5.74) is 5.75. The summed E-state index contributed by atoms with van der Waals surface area (Å²) >= 11 is 0. The van der Waals surface area contributed by atoms with Crippen molar-refractivity contribution in [1.82, 2.24) is 0 Å². The van der Waals surface area contributed by atoms with Gasteiger partial charge < -0.3 is 5.11 Å². The first-order valence-electron chi connectivity index (χ1n) is 9.74. The minimum Gasteiger partial charge on any atom is -0.392 e. The molecular weight excluding hydrogens is 340 g/mol. The molecule has 0 aliphatic carbocycles. The Labute approximate surface area is 164 Å². The van der Waals surface area contributed by atoms with Crippen LogP contribution >= 0.6 is 0 Å². The zero-order valence-corrected chi connectivity index (χ0v) is 16.2.